The molecule has 7 heteroatoms. The molecule has 0 aliphatic rings. The van der Waals surface area contributed by atoms with E-state index in [4.69, 9.17) is 10.8 Å². The summed E-state index contributed by atoms with van der Waals surface area (Å²) in [5.74, 6) is -1.32. The van der Waals surface area contributed by atoms with Crippen molar-refractivity contribution >= 4 is 12.4 Å². The van der Waals surface area contributed by atoms with Gasteiger partial charge >= 0.3 is 6.18 Å². The van der Waals surface area contributed by atoms with Crippen LogP contribution in [-0.4, -0.2) is 11.7 Å². The highest BCUT2D eigenvalue weighted by Gasteiger charge is 2.37. The van der Waals surface area contributed by atoms with Gasteiger partial charge in [-0.2, -0.15) is 13.2 Å². The van der Waals surface area contributed by atoms with Crippen LogP contribution >= 0.6 is 12.4 Å². The minimum absolute atomic E-state index is 0. The highest BCUT2D eigenvalue weighted by atomic mass is 35.5. The molecule has 0 aliphatic carbocycles. The lowest BCUT2D eigenvalue weighted by Gasteiger charge is -2.18. The number of hydrogen-bond acceptors (Lipinski definition) is 2. The van der Waals surface area contributed by atoms with E-state index in [1.54, 1.807) is 0 Å². The van der Waals surface area contributed by atoms with Crippen LogP contribution in [-0.2, 0) is 6.18 Å². The van der Waals surface area contributed by atoms with Gasteiger partial charge < -0.3 is 10.8 Å². The van der Waals surface area contributed by atoms with Crippen LogP contribution in [0.5, 0.6) is 0 Å². The van der Waals surface area contributed by atoms with Crippen molar-refractivity contribution in [2.75, 3.05) is 6.61 Å². The Morgan fingerprint density at radius 2 is 1.89 bits per heavy atom. The fourth-order valence-corrected chi connectivity index (χ4v) is 1.62. The van der Waals surface area contributed by atoms with Crippen molar-refractivity contribution in [3.05, 3.63) is 35.1 Å². The topological polar surface area (TPSA) is 46.2 Å². The van der Waals surface area contributed by atoms with Gasteiger partial charge in [-0.3, -0.25) is 0 Å². The Balaban J connectivity index is 0.00000289. The molecule has 0 aromatic heterocycles. The summed E-state index contributed by atoms with van der Waals surface area (Å²) in [6.07, 6.45) is -4.32. The zero-order valence-electron chi connectivity index (χ0n) is 9.38. The van der Waals surface area contributed by atoms with Crippen molar-refractivity contribution in [1.82, 2.24) is 0 Å². The Kier molecular flexibility index (Phi) is 6.59. The number of hydrogen-bond donors (Lipinski definition) is 2. The average molecular weight is 288 g/mol. The molecule has 2 nitrogen and oxygen atoms in total. The molecule has 3 N–H and O–H groups in total. The van der Waals surface area contributed by atoms with E-state index in [9.17, 15) is 17.6 Å². The molecular formula is C11H14ClF4NO. The molecule has 0 aliphatic heterocycles. The lowest BCUT2D eigenvalue weighted by Crippen LogP contribution is -2.19. The third kappa shape index (κ3) is 4.12. The summed E-state index contributed by atoms with van der Waals surface area (Å²) in [5, 5.41) is 8.59. The molecule has 18 heavy (non-hydrogen) atoms. The lowest BCUT2D eigenvalue weighted by molar-refractivity contribution is -0.140. The number of halogens is 5. The maximum absolute atomic E-state index is 13.2. The first-order valence-corrected chi connectivity index (χ1v) is 5.10. The molecule has 0 amide bonds. The van der Waals surface area contributed by atoms with Crippen molar-refractivity contribution in [3.63, 3.8) is 0 Å². The molecule has 0 saturated heterocycles. The van der Waals surface area contributed by atoms with Crippen molar-refractivity contribution < 1.29 is 22.7 Å². The molecule has 0 radical (unpaired) electrons. The van der Waals surface area contributed by atoms with Crippen molar-refractivity contribution in [3.8, 4) is 0 Å². The third-order valence-corrected chi connectivity index (χ3v) is 2.40. The standard InChI is InChI=1S/C11H13F4NO.ClH/c12-8-4-1-3-7(9(16)5-2-6-17)10(8)11(13,14)15;/h1,3-4,9,17H,2,5-6,16H2;1H/t9-;/m1./s1. The van der Waals surface area contributed by atoms with Crippen LogP contribution < -0.4 is 5.73 Å². The summed E-state index contributed by atoms with van der Waals surface area (Å²) in [7, 11) is 0. The van der Waals surface area contributed by atoms with Crippen molar-refractivity contribution in [2.45, 2.75) is 25.1 Å². The van der Waals surface area contributed by atoms with E-state index < -0.39 is 23.6 Å². The molecule has 1 atom stereocenters. The predicted molar refractivity (Wildman–Crippen MR) is 61.9 cm³/mol. The van der Waals surface area contributed by atoms with Crippen LogP contribution in [0.3, 0.4) is 0 Å². The van der Waals surface area contributed by atoms with E-state index in [1.165, 1.54) is 6.07 Å². The highest BCUT2D eigenvalue weighted by Crippen LogP contribution is 2.36. The van der Waals surface area contributed by atoms with Gasteiger partial charge in [0.2, 0.25) is 0 Å². The van der Waals surface area contributed by atoms with E-state index in [-0.39, 0.29) is 37.4 Å². The largest absolute Gasteiger partial charge is 0.419 e. The molecule has 0 heterocycles. The molecule has 0 spiro atoms. The number of aliphatic hydroxyl groups excluding tert-OH is 1. The Hall–Kier alpha value is -0.850. The zero-order valence-corrected chi connectivity index (χ0v) is 10.2. The zero-order chi connectivity index (χ0) is 13.1. The van der Waals surface area contributed by atoms with Crippen LogP contribution in [0.1, 0.15) is 30.0 Å². The van der Waals surface area contributed by atoms with Crippen LogP contribution in [0.25, 0.3) is 0 Å². The lowest BCUT2D eigenvalue weighted by atomic mass is 9.97. The molecule has 1 rings (SSSR count). The van der Waals surface area contributed by atoms with E-state index in [2.05, 4.69) is 0 Å². The van der Waals surface area contributed by atoms with E-state index >= 15 is 0 Å². The number of alkyl halides is 3. The Bertz CT molecular complexity index is 384. The van der Waals surface area contributed by atoms with Gasteiger partial charge in [-0.05, 0) is 24.5 Å². The summed E-state index contributed by atoms with van der Waals surface area (Å²) in [6, 6.07) is 2.17. The molecule has 1 aromatic rings. The highest BCUT2D eigenvalue weighted by molar-refractivity contribution is 5.85. The van der Waals surface area contributed by atoms with Crippen LogP contribution in [0.4, 0.5) is 17.6 Å². The van der Waals surface area contributed by atoms with E-state index in [0.29, 0.717) is 0 Å². The Morgan fingerprint density at radius 3 is 2.39 bits per heavy atom. The minimum atomic E-state index is -4.77. The second-order valence-electron chi connectivity index (χ2n) is 3.67. The Labute approximate surface area is 108 Å². The van der Waals surface area contributed by atoms with Crippen LogP contribution in [0.2, 0.25) is 0 Å². The molecule has 0 saturated carbocycles. The first-order chi connectivity index (χ1) is 7.88. The number of nitrogens with two attached hydrogens (primary N) is 1. The first-order valence-electron chi connectivity index (χ1n) is 5.10. The van der Waals surface area contributed by atoms with Gasteiger partial charge in [0.25, 0.3) is 0 Å². The molecular weight excluding hydrogens is 274 g/mol. The predicted octanol–water partition coefficient (Wildman–Crippen LogP) is 3.04. The number of aliphatic hydroxyl groups is 1. The van der Waals surface area contributed by atoms with Crippen molar-refractivity contribution in [2.24, 2.45) is 5.73 Å². The van der Waals surface area contributed by atoms with Gasteiger partial charge in [-0.15, -0.1) is 12.4 Å². The maximum atomic E-state index is 13.2. The average Bonchev–Trinajstić information content (AvgIpc) is 2.23. The SMILES string of the molecule is Cl.N[C@H](CCCO)c1cccc(F)c1C(F)(F)F. The quantitative estimate of drug-likeness (QED) is 0.836. The van der Waals surface area contributed by atoms with Gasteiger partial charge in [-0.1, -0.05) is 12.1 Å². The summed E-state index contributed by atoms with van der Waals surface area (Å²) < 4.78 is 51.1. The first kappa shape index (κ1) is 17.2. The number of rotatable bonds is 4. The summed E-state index contributed by atoms with van der Waals surface area (Å²) >= 11 is 0. The van der Waals surface area contributed by atoms with E-state index in [1.807, 2.05) is 0 Å². The molecule has 0 bridgehead atoms. The van der Waals surface area contributed by atoms with Gasteiger partial charge in [0.05, 0.1) is 5.56 Å². The minimum Gasteiger partial charge on any atom is -0.396 e. The summed E-state index contributed by atoms with van der Waals surface area (Å²) in [6.45, 7) is -0.162. The smallest absolute Gasteiger partial charge is 0.396 e. The fraction of sp³-hybridized carbons (Fsp3) is 0.455. The van der Waals surface area contributed by atoms with E-state index in [0.717, 1.165) is 12.1 Å². The van der Waals surface area contributed by atoms with Gasteiger partial charge in [0.15, 0.2) is 0 Å². The fourth-order valence-electron chi connectivity index (χ4n) is 1.62. The van der Waals surface area contributed by atoms with Gasteiger partial charge in [0.1, 0.15) is 5.82 Å². The molecule has 0 unspecified atom stereocenters. The van der Waals surface area contributed by atoms with Crippen LogP contribution in [0, 0.1) is 5.82 Å². The second-order valence-corrected chi connectivity index (χ2v) is 3.67. The summed E-state index contributed by atoms with van der Waals surface area (Å²) in [5.41, 5.74) is 3.98. The molecule has 104 valence electrons. The maximum Gasteiger partial charge on any atom is 0.419 e. The van der Waals surface area contributed by atoms with Gasteiger partial charge in [0, 0.05) is 12.6 Å². The third-order valence-electron chi connectivity index (χ3n) is 2.40. The Morgan fingerprint density at radius 1 is 1.28 bits per heavy atom. The normalized spacial score (nSPS) is 13.0. The molecule has 0 fully saturated rings. The monoisotopic (exact) mass is 287 g/mol. The van der Waals surface area contributed by atoms with Crippen molar-refractivity contribution in [1.29, 1.82) is 0 Å². The summed E-state index contributed by atoms with van der Waals surface area (Å²) in [4.78, 5) is 0. The molecule has 1 aromatic carbocycles. The van der Waals surface area contributed by atoms with Gasteiger partial charge in [-0.25, -0.2) is 4.39 Å². The second kappa shape index (κ2) is 6.92. The number of benzene rings is 1. The van der Waals surface area contributed by atoms with Crippen LogP contribution in [0.15, 0.2) is 18.2 Å².